The molecule has 2 nitrogen and oxygen atoms in total. The molecule has 356 valence electrons. The molecule has 0 amide bonds. The first-order chi connectivity index (χ1) is 37.4. The van der Waals surface area contributed by atoms with E-state index in [4.69, 9.17) is 0 Å². The predicted octanol–water partition coefficient (Wildman–Crippen LogP) is 19.4. The van der Waals surface area contributed by atoms with Crippen molar-refractivity contribution in [2.75, 3.05) is 4.90 Å². The summed E-state index contributed by atoms with van der Waals surface area (Å²) in [6, 6.07) is 100. The van der Waals surface area contributed by atoms with E-state index in [0.717, 1.165) is 17.1 Å². The van der Waals surface area contributed by atoms with Gasteiger partial charge in [0.25, 0.3) is 0 Å². The Balaban J connectivity index is 0.851. The SMILES string of the molecule is CC1(C)c2ccccc2-c2ccc(N(c3ccc4cc(-c5ccc6c(c5)C5(c7ccccc7-6)c6ccccc6-n6c7ccccc7c7cccc5c76)ccc4c3)c3ccccc3-c3cccc(-c4ccccc4)c3)cc21. The fraction of sp³-hybridized carbons (Fsp3) is 0.0541. The first-order valence-corrected chi connectivity index (χ1v) is 26.7. The van der Waals surface area contributed by atoms with Crippen LogP contribution in [-0.4, -0.2) is 4.57 Å². The molecular formula is C74H50N2. The van der Waals surface area contributed by atoms with Crippen LogP contribution in [0.5, 0.6) is 0 Å². The Hall–Kier alpha value is -9.50. The molecule has 12 aromatic carbocycles. The quantitative estimate of drug-likeness (QED) is 0.161. The third-order valence-electron chi connectivity index (χ3n) is 17.4. The summed E-state index contributed by atoms with van der Waals surface area (Å²) in [7, 11) is 0. The van der Waals surface area contributed by atoms with Crippen LogP contribution >= 0.6 is 0 Å². The van der Waals surface area contributed by atoms with Gasteiger partial charge in [0, 0.05) is 33.1 Å². The maximum atomic E-state index is 2.52. The third-order valence-corrected chi connectivity index (χ3v) is 17.4. The fourth-order valence-electron chi connectivity index (χ4n) is 14.0. The van der Waals surface area contributed by atoms with E-state index in [1.807, 2.05) is 0 Å². The van der Waals surface area contributed by atoms with Gasteiger partial charge in [-0.1, -0.05) is 220 Å². The van der Waals surface area contributed by atoms with Crippen LogP contribution in [0.3, 0.4) is 0 Å². The van der Waals surface area contributed by atoms with Gasteiger partial charge in [-0.15, -0.1) is 0 Å². The molecule has 0 radical (unpaired) electrons. The molecular weight excluding hydrogens is 917 g/mol. The van der Waals surface area contributed by atoms with Crippen LogP contribution in [0.1, 0.15) is 47.2 Å². The second kappa shape index (κ2) is 16.0. The van der Waals surface area contributed by atoms with E-state index in [0.29, 0.717) is 0 Å². The van der Waals surface area contributed by atoms with Gasteiger partial charge in [0.15, 0.2) is 0 Å². The highest BCUT2D eigenvalue weighted by Gasteiger charge is 2.51. The zero-order chi connectivity index (χ0) is 50.3. The molecule has 16 rings (SSSR count). The second-order valence-electron chi connectivity index (χ2n) is 21.6. The van der Waals surface area contributed by atoms with Crippen molar-refractivity contribution in [3.05, 3.63) is 300 Å². The molecule has 76 heavy (non-hydrogen) atoms. The Morgan fingerprint density at radius 1 is 0.316 bits per heavy atom. The molecule has 13 aromatic rings. The van der Waals surface area contributed by atoms with E-state index in [1.165, 1.54) is 127 Å². The molecule has 0 N–H and O–H groups in total. The van der Waals surface area contributed by atoms with Crippen molar-refractivity contribution < 1.29 is 0 Å². The molecule has 2 aliphatic carbocycles. The lowest BCUT2D eigenvalue weighted by Crippen LogP contribution is -2.33. The largest absolute Gasteiger partial charge is 0.310 e. The Morgan fingerprint density at radius 3 is 1.75 bits per heavy atom. The van der Waals surface area contributed by atoms with Gasteiger partial charge in [-0.25, -0.2) is 0 Å². The van der Waals surface area contributed by atoms with Crippen LogP contribution < -0.4 is 4.90 Å². The number of aromatic nitrogens is 1. The minimum atomic E-state index is -0.508. The average Bonchev–Trinajstić information content (AvgIpc) is 4.25. The molecule has 0 fully saturated rings. The first-order valence-electron chi connectivity index (χ1n) is 26.7. The van der Waals surface area contributed by atoms with Crippen molar-refractivity contribution in [3.63, 3.8) is 0 Å². The van der Waals surface area contributed by atoms with Crippen molar-refractivity contribution in [3.8, 4) is 61.3 Å². The normalized spacial score (nSPS) is 15.1. The van der Waals surface area contributed by atoms with E-state index in [1.54, 1.807) is 0 Å². The maximum absolute atomic E-state index is 2.52. The Bertz CT molecular complexity index is 4570. The van der Waals surface area contributed by atoms with Crippen molar-refractivity contribution in [2.45, 2.75) is 24.7 Å². The van der Waals surface area contributed by atoms with Gasteiger partial charge >= 0.3 is 0 Å². The number of hydrogen-bond donors (Lipinski definition) is 0. The zero-order valence-corrected chi connectivity index (χ0v) is 42.3. The Kier molecular flexibility index (Phi) is 9.04. The fourth-order valence-corrected chi connectivity index (χ4v) is 14.0. The number of benzene rings is 12. The van der Waals surface area contributed by atoms with Crippen LogP contribution in [0, 0.1) is 0 Å². The predicted molar refractivity (Wildman–Crippen MR) is 318 cm³/mol. The summed E-state index contributed by atoms with van der Waals surface area (Å²) in [6.45, 7) is 4.74. The number of fused-ring (bicyclic) bond motifs is 16. The molecule has 1 aromatic heterocycles. The second-order valence-corrected chi connectivity index (χ2v) is 21.6. The highest BCUT2D eigenvalue weighted by atomic mass is 15.1. The standard InChI is InChI=1S/C74H50N2/c1-73(2)63-27-10-6-23-57(63)59-41-39-55(46-67(59)73)75(69-31-13-8-22-56(69)53-21-16-20-48(43-53)47-18-4-3-5-19-47)54-38-36-50-42-49(34-35-51(50)44-54)52-37-40-60-58-24-7-11-28-64(58)74(68(60)45-52)65-29-12-15-33-71(65)76-70-32-14-9-25-61(70)62-26-17-30-66(74)72(62)76/h3-46H,1-2H3. The van der Waals surface area contributed by atoms with Gasteiger partial charge in [-0.3, -0.25) is 0 Å². The minimum absolute atomic E-state index is 0.148. The number of nitrogens with zero attached hydrogens (tertiary/aromatic N) is 2. The summed E-state index contributed by atoms with van der Waals surface area (Å²) in [5, 5.41) is 4.97. The molecule has 2 heteroatoms. The smallest absolute Gasteiger partial charge is 0.0754 e. The van der Waals surface area contributed by atoms with Gasteiger partial charge < -0.3 is 9.47 Å². The monoisotopic (exact) mass is 966 g/mol. The van der Waals surface area contributed by atoms with Gasteiger partial charge in [0.2, 0.25) is 0 Å². The number of hydrogen-bond acceptors (Lipinski definition) is 1. The lowest BCUT2D eigenvalue weighted by molar-refractivity contribution is 0.660. The number of anilines is 3. The summed E-state index contributed by atoms with van der Waals surface area (Å²) in [6.07, 6.45) is 0. The molecule has 1 spiro atoms. The van der Waals surface area contributed by atoms with E-state index in [9.17, 15) is 0 Å². The minimum Gasteiger partial charge on any atom is -0.310 e. The van der Waals surface area contributed by atoms with Crippen molar-refractivity contribution in [2.24, 2.45) is 0 Å². The number of para-hydroxylation sites is 4. The summed E-state index contributed by atoms with van der Waals surface area (Å²) < 4.78 is 2.52. The van der Waals surface area contributed by atoms with E-state index >= 15 is 0 Å². The van der Waals surface area contributed by atoms with E-state index in [2.05, 4.69) is 290 Å². The van der Waals surface area contributed by atoms with Crippen molar-refractivity contribution in [1.29, 1.82) is 0 Å². The molecule has 0 saturated heterocycles. The maximum Gasteiger partial charge on any atom is 0.0754 e. The molecule has 1 aliphatic heterocycles. The topological polar surface area (TPSA) is 8.17 Å². The lowest BCUT2D eigenvalue weighted by Gasteiger charge is -2.39. The Labute approximate surface area is 443 Å². The third kappa shape index (κ3) is 5.93. The van der Waals surface area contributed by atoms with Crippen LogP contribution in [0.15, 0.2) is 267 Å². The van der Waals surface area contributed by atoms with Gasteiger partial charge in [-0.05, 0) is 155 Å². The summed E-state index contributed by atoms with van der Waals surface area (Å²) in [5.41, 5.74) is 27.0. The summed E-state index contributed by atoms with van der Waals surface area (Å²) in [5.74, 6) is 0. The average molecular weight is 967 g/mol. The highest BCUT2D eigenvalue weighted by Crippen LogP contribution is 2.61. The number of rotatable bonds is 6. The van der Waals surface area contributed by atoms with E-state index < -0.39 is 5.41 Å². The molecule has 1 unspecified atom stereocenters. The molecule has 2 heterocycles. The lowest BCUT2D eigenvalue weighted by atomic mass is 9.65. The molecule has 0 saturated carbocycles. The van der Waals surface area contributed by atoms with Gasteiger partial charge in [0.05, 0.1) is 27.8 Å². The zero-order valence-electron chi connectivity index (χ0n) is 42.3. The van der Waals surface area contributed by atoms with Crippen molar-refractivity contribution in [1.82, 2.24) is 4.57 Å². The molecule has 3 aliphatic rings. The molecule has 0 bridgehead atoms. The van der Waals surface area contributed by atoms with Crippen LogP contribution in [0.4, 0.5) is 17.1 Å². The first kappa shape index (κ1) is 43.0. The van der Waals surface area contributed by atoms with Crippen LogP contribution in [0.25, 0.3) is 93.9 Å². The Morgan fingerprint density at radius 2 is 0.868 bits per heavy atom. The molecule has 1 atom stereocenters. The summed E-state index contributed by atoms with van der Waals surface area (Å²) in [4.78, 5) is 2.48. The van der Waals surface area contributed by atoms with Gasteiger partial charge in [0.1, 0.15) is 0 Å². The van der Waals surface area contributed by atoms with Crippen LogP contribution in [0.2, 0.25) is 0 Å². The van der Waals surface area contributed by atoms with E-state index in [-0.39, 0.29) is 5.41 Å². The highest BCUT2D eigenvalue weighted by molar-refractivity contribution is 6.13. The van der Waals surface area contributed by atoms with Crippen LogP contribution in [-0.2, 0) is 10.8 Å². The van der Waals surface area contributed by atoms with Crippen molar-refractivity contribution >= 4 is 49.6 Å². The summed E-state index contributed by atoms with van der Waals surface area (Å²) >= 11 is 0. The van der Waals surface area contributed by atoms with Gasteiger partial charge in [-0.2, -0.15) is 0 Å².